The number of rotatable bonds is 4. The molecule has 0 saturated heterocycles. The van der Waals surface area contributed by atoms with Gasteiger partial charge < -0.3 is 15.0 Å². The SMILES string of the molecule is COCC(C)Nc1ncc2ccc(=O)[nH]c2n1. The predicted molar refractivity (Wildman–Crippen MR) is 65.1 cm³/mol. The zero-order chi connectivity index (χ0) is 12.3. The number of methoxy groups -OCH3 is 1. The first-order chi connectivity index (χ1) is 8.19. The standard InChI is InChI=1S/C11H14N4O2/c1-7(6-17-2)13-11-12-5-8-3-4-9(16)14-10(8)15-11/h3-5,7H,6H2,1-2H3,(H2,12,13,14,15,16). The van der Waals surface area contributed by atoms with Gasteiger partial charge >= 0.3 is 0 Å². The average molecular weight is 234 g/mol. The van der Waals surface area contributed by atoms with E-state index in [0.29, 0.717) is 18.2 Å². The highest BCUT2D eigenvalue weighted by Gasteiger charge is 2.04. The fourth-order valence-electron chi connectivity index (χ4n) is 1.52. The molecular formula is C11H14N4O2. The molecule has 0 aliphatic carbocycles. The molecule has 0 aliphatic rings. The van der Waals surface area contributed by atoms with E-state index in [4.69, 9.17) is 4.74 Å². The molecule has 0 bridgehead atoms. The van der Waals surface area contributed by atoms with Crippen LogP contribution in [-0.2, 0) is 4.74 Å². The molecule has 6 heteroatoms. The topological polar surface area (TPSA) is 79.9 Å². The van der Waals surface area contributed by atoms with E-state index in [1.165, 1.54) is 6.07 Å². The van der Waals surface area contributed by atoms with Crippen LogP contribution >= 0.6 is 0 Å². The van der Waals surface area contributed by atoms with Gasteiger partial charge in [-0.3, -0.25) is 4.79 Å². The van der Waals surface area contributed by atoms with Crippen molar-refractivity contribution < 1.29 is 4.74 Å². The van der Waals surface area contributed by atoms with Crippen LogP contribution in [0.1, 0.15) is 6.92 Å². The number of fused-ring (bicyclic) bond motifs is 1. The summed E-state index contributed by atoms with van der Waals surface area (Å²) in [5.74, 6) is 0.476. The lowest BCUT2D eigenvalue weighted by Crippen LogP contribution is -2.22. The molecule has 1 atom stereocenters. The Labute approximate surface area is 98.1 Å². The Hall–Kier alpha value is -1.95. The summed E-state index contributed by atoms with van der Waals surface area (Å²) in [7, 11) is 1.64. The number of aromatic amines is 1. The average Bonchev–Trinajstić information content (AvgIpc) is 2.28. The van der Waals surface area contributed by atoms with E-state index in [2.05, 4.69) is 20.3 Å². The maximum atomic E-state index is 11.2. The molecule has 0 fully saturated rings. The van der Waals surface area contributed by atoms with Crippen LogP contribution < -0.4 is 10.9 Å². The molecule has 90 valence electrons. The van der Waals surface area contributed by atoms with Crippen LogP contribution in [-0.4, -0.2) is 34.7 Å². The van der Waals surface area contributed by atoms with Crippen molar-refractivity contribution >= 4 is 17.0 Å². The number of ether oxygens (including phenoxy) is 1. The van der Waals surface area contributed by atoms with Gasteiger partial charge in [0.05, 0.1) is 6.61 Å². The van der Waals surface area contributed by atoms with E-state index >= 15 is 0 Å². The highest BCUT2D eigenvalue weighted by molar-refractivity contribution is 5.74. The zero-order valence-corrected chi connectivity index (χ0v) is 9.73. The summed E-state index contributed by atoms with van der Waals surface area (Å²) < 4.78 is 5.01. The number of aromatic nitrogens is 3. The van der Waals surface area contributed by atoms with Crippen LogP contribution in [0.15, 0.2) is 23.1 Å². The number of nitrogens with one attached hydrogen (secondary N) is 2. The third kappa shape index (κ3) is 2.79. The van der Waals surface area contributed by atoms with E-state index in [0.717, 1.165) is 5.39 Å². The van der Waals surface area contributed by atoms with Crippen LogP contribution in [0.5, 0.6) is 0 Å². The Morgan fingerprint density at radius 2 is 2.35 bits per heavy atom. The molecule has 2 aromatic heterocycles. The van der Waals surface area contributed by atoms with Gasteiger partial charge in [0.25, 0.3) is 0 Å². The van der Waals surface area contributed by atoms with E-state index in [-0.39, 0.29) is 11.6 Å². The van der Waals surface area contributed by atoms with E-state index in [1.54, 1.807) is 19.4 Å². The van der Waals surface area contributed by atoms with Gasteiger partial charge in [0.1, 0.15) is 5.65 Å². The molecule has 17 heavy (non-hydrogen) atoms. The molecule has 0 spiro atoms. The van der Waals surface area contributed by atoms with Crippen LogP contribution in [0, 0.1) is 0 Å². The molecule has 0 radical (unpaired) electrons. The summed E-state index contributed by atoms with van der Waals surface area (Å²) in [5.41, 5.74) is 0.353. The number of H-pyrrole nitrogens is 1. The lowest BCUT2D eigenvalue weighted by molar-refractivity contribution is 0.190. The molecule has 0 aromatic carbocycles. The van der Waals surface area contributed by atoms with Crippen LogP contribution in [0.3, 0.4) is 0 Å². The molecule has 0 saturated carbocycles. The summed E-state index contributed by atoms with van der Waals surface area (Å²) in [6.45, 7) is 2.53. The summed E-state index contributed by atoms with van der Waals surface area (Å²) in [5, 5.41) is 3.89. The van der Waals surface area contributed by atoms with Gasteiger partial charge in [0.2, 0.25) is 11.5 Å². The Morgan fingerprint density at radius 3 is 3.12 bits per heavy atom. The second-order valence-electron chi connectivity index (χ2n) is 3.82. The van der Waals surface area contributed by atoms with Gasteiger partial charge in [-0.05, 0) is 13.0 Å². The Balaban J connectivity index is 2.27. The predicted octanol–water partition coefficient (Wildman–Crippen LogP) is 0.765. The molecule has 0 amide bonds. The molecule has 2 N–H and O–H groups in total. The monoisotopic (exact) mass is 234 g/mol. The van der Waals surface area contributed by atoms with Crippen molar-refractivity contribution in [1.82, 2.24) is 15.0 Å². The molecule has 0 aliphatic heterocycles. The number of hydrogen-bond acceptors (Lipinski definition) is 5. The third-order valence-electron chi connectivity index (χ3n) is 2.27. The van der Waals surface area contributed by atoms with Crippen molar-refractivity contribution in [2.45, 2.75) is 13.0 Å². The maximum Gasteiger partial charge on any atom is 0.249 e. The van der Waals surface area contributed by atoms with Crippen molar-refractivity contribution in [3.63, 3.8) is 0 Å². The summed E-state index contributed by atoms with van der Waals surface area (Å²) in [6.07, 6.45) is 1.67. The van der Waals surface area contributed by atoms with Crippen molar-refractivity contribution in [2.75, 3.05) is 19.0 Å². The maximum absolute atomic E-state index is 11.2. The lowest BCUT2D eigenvalue weighted by atomic mass is 10.3. The van der Waals surface area contributed by atoms with Crippen molar-refractivity contribution in [1.29, 1.82) is 0 Å². The molecule has 2 aromatic rings. The minimum atomic E-state index is -0.174. The Morgan fingerprint density at radius 1 is 1.53 bits per heavy atom. The van der Waals surface area contributed by atoms with Gasteiger partial charge in [-0.25, -0.2) is 4.98 Å². The number of hydrogen-bond donors (Lipinski definition) is 2. The quantitative estimate of drug-likeness (QED) is 0.816. The first-order valence-corrected chi connectivity index (χ1v) is 5.30. The molecule has 2 rings (SSSR count). The Bertz CT molecular complexity index is 567. The largest absolute Gasteiger partial charge is 0.383 e. The van der Waals surface area contributed by atoms with Crippen molar-refractivity contribution in [3.8, 4) is 0 Å². The fourth-order valence-corrected chi connectivity index (χ4v) is 1.52. The molecular weight excluding hydrogens is 220 g/mol. The highest BCUT2D eigenvalue weighted by atomic mass is 16.5. The van der Waals surface area contributed by atoms with Crippen molar-refractivity contribution in [2.24, 2.45) is 0 Å². The summed E-state index contributed by atoms with van der Waals surface area (Å²) in [4.78, 5) is 22.2. The lowest BCUT2D eigenvalue weighted by Gasteiger charge is -2.12. The van der Waals surface area contributed by atoms with E-state index in [9.17, 15) is 4.79 Å². The Kier molecular flexibility index (Phi) is 3.34. The van der Waals surface area contributed by atoms with E-state index in [1.807, 2.05) is 6.92 Å². The zero-order valence-electron chi connectivity index (χ0n) is 9.73. The second-order valence-corrected chi connectivity index (χ2v) is 3.82. The molecule has 1 unspecified atom stereocenters. The fraction of sp³-hybridized carbons (Fsp3) is 0.364. The third-order valence-corrected chi connectivity index (χ3v) is 2.27. The first-order valence-electron chi connectivity index (χ1n) is 5.30. The normalized spacial score (nSPS) is 12.6. The first kappa shape index (κ1) is 11.5. The van der Waals surface area contributed by atoms with Gasteiger partial charge in [-0.1, -0.05) is 0 Å². The van der Waals surface area contributed by atoms with Gasteiger partial charge in [-0.2, -0.15) is 4.98 Å². The minimum Gasteiger partial charge on any atom is -0.383 e. The second kappa shape index (κ2) is 4.92. The number of nitrogens with zero attached hydrogens (tertiary/aromatic N) is 2. The van der Waals surface area contributed by atoms with Crippen molar-refractivity contribution in [3.05, 3.63) is 28.7 Å². The minimum absolute atomic E-state index is 0.105. The smallest absolute Gasteiger partial charge is 0.249 e. The summed E-state index contributed by atoms with van der Waals surface area (Å²) in [6, 6.07) is 3.25. The van der Waals surface area contributed by atoms with Gasteiger partial charge in [-0.15, -0.1) is 0 Å². The van der Waals surface area contributed by atoms with Crippen LogP contribution in [0.2, 0.25) is 0 Å². The van der Waals surface area contributed by atoms with Crippen LogP contribution in [0.4, 0.5) is 5.95 Å². The summed E-state index contributed by atoms with van der Waals surface area (Å²) >= 11 is 0. The number of pyridine rings is 1. The van der Waals surface area contributed by atoms with Gasteiger partial charge in [0.15, 0.2) is 0 Å². The van der Waals surface area contributed by atoms with E-state index < -0.39 is 0 Å². The number of anilines is 1. The van der Waals surface area contributed by atoms with Crippen LogP contribution in [0.25, 0.3) is 11.0 Å². The highest BCUT2D eigenvalue weighted by Crippen LogP contribution is 2.08. The molecule has 6 nitrogen and oxygen atoms in total. The molecule has 2 heterocycles. The van der Waals surface area contributed by atoms with Gasteiger partial charge in [0, 0.05) is 30.8 Å².